The third kappa shape index (κ3) is 7.39. The molecular formula is C20H23F3IN5O. The Morgan fingerprint density at radius 1 is 1.13 bits per heavy atom. The van der Waals surface area contributed by atoms with Crippen LogP contribution in [0.4, 0.5) is 13.2 Å². The minimum atomic E-state index is -4.35. The number of fused-ring (bicyclic) bond motifs is 1. The van der Waals surface area contributed by atoms with Crippen LogP contribution in [-0.2, 0) is 13.0 Å². The summed E-state index contributed by atoms with van der Waals surface area (Å²) in [6, 6.07) is 12.3. The van der Waals surface area contributed by atoms with Crippen molar-refractivity contribution in [3.8, 4) is 5.75 Å². The van der Waals surface area contributed by atoms with Crippen molar-refractivity contribution < 1.29 is 17.9 Å². The molecule has 0 aliphatic heterocycles. The Labute approximate surface area is 189 Å². The summed E-state index contributed by atoms with van der Waals surface area (Å²) >= 11 is 0. The lowest BCUT2D eigenvalue weighted by atomic mass is 10.2. The SMILES string of the molecule is CN=C(NCCc1cn2ccccc2n1)NCc1ccc(OCC(F)(F)F)cc1.I. The van der Waals surface area contributed by atoms with Crippen molar-refractivity contribution in [3.63, 3.8) is 0 Å². The van der Waals surface area contributed by atoms with Crippen LogP contribution in [0.1, 0.15) is 11.3 Å². The molecule has 1 aromatic carbocycles. The molecule has 0 radical (unpaired) electrons. The molecule has 0 aliphatic rings. The van der Waals surface area contributed by atoms with E-state index in [1.165, 1.54) is 12.1 Å². The van der Waals surface area contributed by atoms with E-state index in [1.54, 1.807) is 19.2 Å². The van der Waals surface area contributed by atoms with E-state index in [-0.39, 0.29) is 29.7 Å². The molecule has 2 aromatic heterocycles. The van der Waals surface area contributed by atoms with Crippen molar-refractivity contribution in [2.75, 3.05) is 20.2 Å². The van der Waals surface area contributed by atoms with Crippen molar-refractivity contribution in [3.05, 3.63) is 66.1 Å². The Bertz CT molecular complexity index is 924. The van der Waals surface area contributed by atoms with Crippen LogP contribution < -0.4 is 15.4 Å². The quantitative estimate of drug-likeness (QED) is 0.276. The second-order valence-electron chi connectivity index (χ2n) is 6.35. The number of nitrogens with one attached hydrogen (secondary N) is 2. The van der Waals surface area contributed by atoms with Gasteiger partial charge in [-0.15, -0.1) is 24.0 Å². The van der Waals surface area contributed by atoms with Gasteiger partial charge in [-0.3, -0.25) is 4.99 Å². The summed E-state index contributed by atoms with van der Waals surface area (Å²) in [5.74, 6) is 0.812. The maximum atomic E-state index is 12.2. The first kappa shape index (κ1) is 23.8. The van der Waals surface area contributed by atoms with Gasteiger partial charge in [-0.2, -0.15) is 13.2 Å². The fourth-order valence-corrected chi connectivity index (χ4v) is 2.69. The molecular weight excluding hydrogens is 510 g/mol. The number of aromatic nitrogens is 2. The number of rotatable bonds is 7. The van der Waals surface area contributed by atoms with Gasteiger partial charge in [0.1, 0.15) is 11.4 Å². The number of hydrogen-bond acceptors (Lipinski definition) is 3. The van der Waals surface area contributed by atoms with E-state index in [4.69, 9.17) is 4.74 Å². The second-order valence-corrected chi connectivity index (χ2v) is 6.35. The molecule has 0 spiro atoms. The predicted octanol–water partition coefficient (Wildman–Crippen LogP) is 3.80. The van der Waals surface area contributed by atoms with Crippen molar-refractivity contribution in [1.82, 2.24) is 20.0 Å². The number of ether oxygens (including phenoxy) is 1. The summed E-state index contributed by atoms with van der Waals surface area (Å²) in [5.41, 5.74) is 2.79. The minimum absolute atomic E-state index is 0. The number of guanidine groups is 1. The largest absolute Gasteiger partial charge is 0.484 e. The van der Waals surface area contributed by atoms with Gasteiger partial charge in [0.25, 0.3) is 0 Å². The van der Waals surface area contributed by atoms with Gasteiger partial charge in [0.05, 0.1) is 5.69 Å². The predicted molar refractivity (Wildman–Crippen MR) is 121 cm³/mol. The van der Waals surface area contributed by atoms with Gasteiger partial charge < -0.3 is 19.8 Å². The lowest BCUT2D eigenvalue weighted by Gasteiger charge is -2.12. The van der Waals surface area contributed by atoms with Crippen LogP contribution in [0.2, 0.25) is 0 Å². The van der Waals surface area contributed by atoms with Gasteiger partial charge in [-0.1, -0.05) is 18.2 Å². The van der Waals surface area contributed by atoms with Crippen LogP contribution >= 0.6 is 24.0 Å². The molecule has 2 heterocycles. The molecule has 0 aliphatic carbocycles. The van der Waals surface area contributed by atoms with Gasteiger partial charge in [0.2, 0.25) is 0 Å². The summed E-state index contributed by atoms with van der Waals surface area (Å²) in [5, 5.41) is 6.39. The molecule has 0 unspecified atom stereocenters. The molecule has 10 heteroatoms. The number of nitrogens with zero attached hydrogens (tertiary/aromatic N) is 3. The number of alkyl halides is 3. The van der Waals surface area contributed by atoms with Crippen molar-refractivity contribution in [1.29, 1.82) is 0 Å². The normalized spacial score (nSPS) is 11.8. The molecule has 3 rings (SSSR count). The van der Waals surface area contributed by atoms with Crippen LogP contribution in [-0.4, -0.2) is 41.7 Å². The van der Waals surface area contributed by atoms with Crippen LogP contribution in [0, 0.1) is 0 Å². The summed E-state index contributed by atoms with van der Waals surface area (Å²) in [6.07, 6.45) is 0.351. The summed E-state index contributed by atoms with van der Waals surface area (Å²) in [4.78, 5) is 8.72. The molecule has 0 saturated carbocycles. The first-order chi connectivity index (χ1) is 13.9. The number of hydrogen-bond donors (Lipinski definition) is 2. The first-order valence-corrected chi connectivity index (χ1v) is 9.08. The molecule has 30 heavy (non-hydrogen) atoms. The maximum absolute atomic E-state index is 12.2. The van der Waals surface area contributed by atoms with E-state index >= 15 is 0 Å². The standard InChI is InChI=1S/C20H22F3N5O.HI/c1-24-19(25-10-9-16-13-28-11-3-2-4-18(28)27-16)26-12-15-5-7-17(8-6-15)29-14-20(21,22)23;/h2-8,11,13H,9-10,12,14H2,1H3,(H2,24,25,26);1H. The zero-order valence-electron chi connectivity index (χ0n) is 16.3. The molecule has 2 N–H and O–H groups in total. The Hall–Kier alpha value is -2.50. The minimum Gasteiger partial charge on any atom is -0.484 e. The van der Waals surface area contributed by atoms with E-state index < -0.39 is 12.8 Å². The van der Waals surface area contributed by atoms with Crippen LogP contribution in [0.25, 0.3) is 5.65 Å². The number of imidazole rings is 1. The highest BCUT2D eigenvalue weighted by atomic mass is 127. The lowest BCUT2D eigenvalue weighted by Crippen LogP contribution is -2.37. The number of benzene rings is 1. The van der Waals surface area contributed by atoms with E-state index in [0.717, 1.165) is 23.3 Å². The highest BCUT2D eigenvalue weighted by Gasteiger charge is 2.28. The van der Waals surface area contributed by atoms with Crippen molar-refractivity contribution in [2.24, 2.45) is 4.99 Å². The molecule has 0 bridgehead atoms. The molecule has 0 atom stereocenters. The maximum Gasteiger partial charge on any atom is 0.422 e. The smallest absolute Gasteiger partial charge is 0.422 e. The monoisotopic (exact) mass is 533 g/mol. The second kappa shape index (κ2) is 11.0. The average Bonchev–Trinajstić information content (AvgIpc) is 3.12. The van der Waals surface area contributed by atoms with E-state index in [2.05, 4.69) is 20.6 Å². The Kier molecular flexibility index (Phi) is 8.75. The van der Waals surface area contributed by atoms with E-state index in [1.807, 2.05) is 35.0 Å². The number of halogens is 4. The van der Waals surface area contributed by atoms with Crippen LogP contribution in [0.5, 0.6) is 5.75 Å². The molecule has 3 aromatic rings. The molecule has 162 valence electrons. The van der Waals surface area contributed by atoms with Crippen molar-refractivity contribution >= 4 is 35.6 Å². The van der Waals surface area contributed by atoms with E-state index in [9.17, 15) is 13.2 Å². The Morgan fingerprint density at radius 2 is 1.90 bits per heavy atom. The Balaban J connectivity index is 0.00000320. The van der Waals surface area contributed by atoms with Crippen LogP contribution in [0.15, 0.2) is 59.9 Å². The van der Waals surface area contributed by atoms with Gasteiger partial charge in [0, 0.05) is 39.0 Å². The highest BCUT2D eigenvalue weighted by Crippen LogP contribution is 2.18. The fraction of sp³-hybridized carbons (Fsp3) is 0.300. The van der Waals surface area contributed by atoms with Gasteiger partial charge >= 0.3 is 6.18 Å². The molecule has 0 saturated heterocycles. The van der Waals surface area contributed by atoms with Crippen molar-refractivity contribution in [2.45, 2.75) is 19.1 Å². The number of pyridine rings is 1. The Morgan fingerprint density at radius 3 is 2.57 bits per heavy atom. The van der Waals surface area contributed by atoms with Gasteiger partial charge in [-0.05, 0) is 29.8 Å². The third-order valence-corrected chi connectivity index (χ3v) is 4.10. The zero-order valence-corrected chi connectivity index (χ0v) is 18.6. The topological polar surface area (TPSA) is 63.0 Å². The summed E-state index contributed by atoms with van der Waals surface area (Å²) in [6.45, 7) is -0.158. The first-order valence-electron chi connectivity index (χ1n) is 9.08. The average molecular weight is 533 g/mol. The molecule has 0 amide bonds. The zero-order chi connectivity index (χ0) is 20.7. The molecule has 0 fully saturated rings. The summed E-state index contributed by atoms with van der Waals surface area (Å²) < 4.78 is 43.2. The van der Waals surface area contributed by atoms with E-state index in [0.29, 0.717) is 19.0 Å². The highest BCUT2D eigenvalue weighted by molar-refractivity contribution is 14.0. The molecule has 6 nitrogen and oxygen atoms in total. The third-order valence-electron chi connectivity index (χ3n) is 4.10. The number of aliphatic imine (C=N–C) groups is 1. The summed E-state index contributed by atoms with van der Waals surface area (Å²) in [7, 11) is 1.67. The van der Waals surface area contributed by atoms with Gasteiger partial charge in [-0.25, -0.2) is 4.98 Å². The lowest BCUT2D eigenvalue weighted by molar-refractivity contribution is -0.153. The fourth-order valence-electron chi connectivity index (χ4n) is 2.69. The van der Waals surface area contributed by atoms with Crippen LogP contribution in [0.3, 0.4) is 0 Å². The van der Waals surface area contributed by atoms with Gasteiger partial charge in [0.15, 0.2) is 12.6 Å².